The molecule has 0 aliphatic carbocycles. The van der Waals surface area contributed by atoms with Crippen molar-refractivity contribution in [3.8, 4) is 0 Å². The smallest absolute Gasteiger partial charge is 0.290 e. The number of hydrogen-bond acceptors (Lipinski definition) is 4. The summed E-state index contributed by atoms with van der Waals surface area (Å²) in [5.41, 5.74) is 0.254. The van der Waals surface area contributed by atoms with Gasteiger partial charge in [0.1, 0.15) is 11.4 Å². The van der Waals surface area contributed by atoms with Crippen LogP contribution in [0, 0.1) is 5.82 Å². The van der Waals surface area contributed by atoms with Gasteiger partial charge in [-0.3, -0.25) is 9.59 Å². The van der Waals surface area contributed by atoms with Crippen LogP contribution in [0.25, 0.3) is 11.0 Å². The van der Waals surface area contributed by atoms with Crippen LogP contribution in [-0.4, -0.2) is 29.1 Å². The lowest BCUT2D eigenvalue weighted by Crippen LogP contribution is -2.32. The monoisotopic (exact) mass is 339 g/mol. The molecule has 126 valence electrons. The summed E-state index contributed by atoms with van der Waals surface area (Å²) < 4.78 is 20.1. The molecule has 0 unspecified atom stereocenters. The van der Waals surface area contributed by atoms with E-state index in [-0.39, 0.29) is 35.5 Å². The molecule has 0 radical (unpaired) electrons. The van der Waals surface area contributed by atoms with Crippen LogP contribution < -0.4 is 5.43 Å². The minimum Gasteiger partial charge on any atom is -0.450 e. The first kappa shape index (κ1) is 15.5. The molecule has 1 N–H and O–H groups in total. The Hall–Kier alpha value is -2.99. The number of rotatable bonds is 3. The van der Waals surface area contributed by atoms with Crippen molar-refractivity contribution in [1.82, 2.24) is 4.90 Å². The third-order valence-corrected chi connectivity index (χ3v) is 4.41. The van der Waals surface area contributed by atoms with E-state index in [9.17, 15) is 19.1 Å². The van der Waals surface area contributed by atoms with Gasteiger partial charge in [0.2, 0.25) is 5.76 Å². The summed E-state index contributed by atoms with van der Waals surface area (Å²) in [4.78, 5) is 27.0. The number of carbonyl (C=O) groups excluding carboxylic acids is 1. The number of aliphatic hydroxyl groups is 1. The van der Waals surface area contributed by atoms with Gasteiger partial charge in [-0.05, 0) is 18.2 Å². The molecule has 1 atom stereocenters. The molecule has 0 fully saturated rings. The predicted octanol–water partition coefficient (Wildman–Crippen LogP) is 2.47. The molecule has 25 heavy (non-hydrogen) atoms. The molecule has 0 bridgehead atoms. The van der Waals surface area contributed by atoms with E-state index >= 15 is 0 Å². The van der Waals surface area contributed by atoms with E-state index in [0.29, 0.717) is 11.0 Å². The van der Waals surface area contributed by atoms with Gasteiger partial charge in [0.25, 0.3) is 5.91 Å². The first-order chi connectivity index (χ1) is 12.1. The van der Waals surface area contributed by atoms with Crippen molar-refractivity contribution in [3.63, 3.8) is 0 Å². The summed E-state index contributed by atoms with van der Waals surface area (Å²) in [5, 5.41) is 9.65. The minimum atomic E-state index is -0.920. The van der Waals surface area contributed by atoms with Crippen molar-refractivity contribution in [1.29, 1.82) is 0 Å². The first-order valence-electron chi connectivity index (χ1n) is 7.85. The zero-order valence-corrected chi connectivity index (χ0v) is 13.1. The molecule has 4 rings (SSSR count). The maximum Gasteiger partial charge on any atom is 0.290 e. The molecular formula is C19H14FNO4. The number of nitrogens with zero attached hydrogens (tertiary/aromatic N) is 1. The third kappa shape index (κ3) is 2.26. The van der Waals surface area contributed by atoms with Crippen LogP contribution in [0.4, 0.5) is 4.39 Å². The van der Waals surface area contributed by atoms with Crippen LogP contribution in [0.5, 0.6) is 0 Å². The molecule has 1 amide bonds. The molecule has 2 heterocycles. The average molecular weight is 339 g/mol. The van der Waals surface area contributed by atoms with Gasteiger partial charge in [-0.1, -0.05) is 30.3 Å². The van der Waals surface area contributed by atoms with E-state index < -0.39 is 17.8 Å². The van der Waals surface area contributed by atoms with E-state index in [1.807, 2.05) is 0 Å². The summed E-state index contributed by atoms with van der Waals surface area (Å²) in [5.74, 6) is -1.14. The molecule has 3 aromatic rings. The number of benzene rings is 2. The Kier molecular flexibility index (Phi) is 3.62. The van der Waals surface area contributed by atoms with Crippen molar-refractivity contribution in [2.45, 2.75) is 6.04 Å². The van der Waals surface area contributed by atoms with Crippen molar-refractivity contribution in [2.75, 3.05) is 13.2 Å². The van der Waals surface area contributed by atoms with E-state index in [2.05, 4.69) is 0 Å². The fourth-order valence-electron chi connectivity index (χ4n) is 3.33. The highest BCUT2D eigenvalue weighted by Gasteiger charge is 2.43. The molecule has 0 saturated heterocycles. The van der Waals surface area contributed by atoms with Crippen LogP contribution in [0.15, 0.2) is 57.7 Å². The Labute approximate surface area is 141 Å². The van der Waals surface area contributed by atoms with Crippen molar-refractivity contribution in [3.05, 3.63) is 81.5 Å². The number of carbonyl (C=O) groups is 1. The lowest BCUT2D eigenvalue weighted by atomic mass is 9.98. The van der Waals surface area contributed by atoms with Gasteiger partial charge >= 0.3 is 0 Å². The number of hydrogen-bond donors (Lipinski definition) is 1. The Morgan fingerprint density at radius 1 is 1.08 bits per heavy atom. The number of fused-ring (bicyclic) bond motifs is 2. The highest BCUT2D eigenvalue weighted by atomic mass is 19.1. The second-order valence-corrected chi connectivity index (χ2v) is 5.82. The van der Waals surface area contributed by atoms with Crippen molar-refractivity contribution < 1.29 is 18.7 Å². The number of β-amino-alcohol motifs (C(OH)–C–C–N with tert-alkyl or cyclic N) is 1. The zero-order chi connectivity index (χ0) is 17.6. The van der Waals surface area contributed by atoms with E-state index in [1.54, 1.807) is 30.3 Å². The molecule has 0 spiro atoms. The number of para-hydroxylation sites is 1. The maximum atomic E-state index is 14.4. The Morgan fingerprint density at radius 2 is 1.80 bits per heavy atom. The van der Waals surface area contributed by atoms with Crippen LogP contribution >= 0.6 is 0 Å². The highest BCUT2D eigenvalue weighted by molar-refractivity contribution is 5.99. The predicted molar refractivity (Wildman–Crippen MR) is 88.8 cm³/mol. The molecule has 0 saturated carbocycles. The molecule has 6 heteroatoms. The second-order valence-electron chi connectivity index (χ2n) is 5.82. The lowest BCUT2D eigenvalue weighted by molar-refractivity contribution is 0.0689. The SMILES string of the molecule is O=C1c2oc3ccccc3c(=O)c2[C@H](c2ccccc2F)N1CCO. The topological polar surface area (TPSA) is 70.8 Å². The van der Waals surface area contributed by atoms with E-state index in [0.717, 1.165) is 0 Å². The molecular weight excluding hydrogens is 325 g/mol. The van der Waals surface area contributed by atoms with Crippen molar-refractivity contribution in [2.24, 2.45) is 0 Å². The summed E-state index contributed by atoms with van der Waals surface area (Å²) in [7, 11) is 0. The third-order valence-electron chi connectivity index (χ3n) is 4.41. The molecule has 1 aromatic heterocycles. The van der Waals surface area contributed by atoms with Gasteiger partial charge in [-0.25, -0.2) is 4.39 Å². The summed E-state index contributed by atoms with van der Waals surface area (Å²) in [6.45, 7) is -0.337. The van der Waals surface area contributed by atoms with Crippen LogP contribution in [0.1, 0.15) is 27.7 Å². The first-order valence-corrected chi connectivity index (χ1v) is 7.85. The van der Waals surface area contributed by atoms with E-state index in [1.165, 1.54) is 23.1 Å². The van der Waals surface area contributed by atoms with Gasteiger partial charge in [0, 0.05) is 12.1 Å². The van der Waals surface area contributed by atoms with Crippen LogP contribution in [0.2, 0.25) is 0 Å². The van der Waals surface area contributed by atoms with Gasteiger partial charge in [-0.15, -0.1) is 0 Å². The highest BCUT2D eigenvalue weighted by Crippen LogP contribution is 2.38. The zero-order valence-electron chi connectivity index (χ0n) is 13.1. The number of amides is 1. The average Bonchev–Trinajstić information content (AvgIpc) is 2.89. The summed E-state index contributed by atoms with van der Waals surface area (Å²) in [6.07, 6.45) is 0. The fraction of sp³-hybridized carbons (Fsp3) is 0.158. The normalized spacial score (nSPS) is 16.5. The largest absolute Gasteiger partial charge is 0.450 e. The van der Waals surface area contributed by atoms with E-state index in [4.69, 9.17) is 4.42 Å². The lowest BCUT2D eigenvalue weighted by Gasteiger charge is -2.24. The van der Waals surface area contributed by atoms with Crippen LogP contribution in [0.3, 0.4) is 0 Å². The standard InChI is InChI=1S/C19H14FNO4/c20-13-7-3-1-5-11(13)16-15-17(23)12-6-2-4-8-14(12)25-18(15)19(24)21(16)9-10-22/h1-8,16,22H,9-10H2/t16-/m0/s1. The molecule has 1 aliphatic rings. The van der Waals surface area contributed by atoms with Gasteiger partial charge in [0.05, 0.1) is 23.6 Å². The van der Waals surface area contributed by atoms with Crippen LogP contribution in [-0.2, 0) is 0 Å². The van der Waals surface area contributed by atoms with Gasteiger partial charge < -0.3 is 14.4 Å². The fourth-order valence-corrected chi connectivity index (χ4v) is 3.33. The Balaban J connectivity index is 2.04. The molecule has 5 nitrogen and oxygen atoms in total. The quantitative estimate of drug-likeness (QED) is 0.796. The second kappa shape index (κ2) is 5.82. The minimum absolute atomic E-state index is 0.0299. The Bertz CT molecular complexity index is 1040. The van der Waals surface area contributed by atoms with Gasteiger partial charge in [-0.2, -0.15) is 0 Å². The molecule has 2 aromatic carbocycles. The molecule has 1 aliphatic heterocycles. The van der Waals surface area contributed by atoms with Gasteiger partial charge in [0.15, 0.2) is 5.43 Å². The summed E-state index contributed by atoms with van der Waals surface area (Å²) in [6, 6.07) is 11.7. The van der Waals surface area contributed by atoms with Crippen molar-refractivity contribution >= 4 is 16.9 Å². The maximum absolute atomic E-state index is 14.4. The number of halogens is 1. The summed E-state index contributed by atoms with van der Waals surface area (Å²) >= 11 is 0. The number of aliphatic hydroxyl groups excluding tert-OH is 1. The Morgan fingerprint density at radius 3 is 2.56 bits per heavy atom.